The van der Waals surface area contributed by atoms with E-state index in [-0.39, 0.29) is 0 Å². The largest absolute Gasteiger partial charge is 0.383 e. The zero-order valence-electron chi connectivity index (χ0n) is 11.0. The summed E-state index contributed by atoms with van der Waals surface area (Å²) in [5.41, 5.74) is 5.62. The van der Waals surface area contributed by atoms with Crippen molar-refractivity contribution in [2.75, 3.05) is 26.8 Å². The smallest absolute Gasteiger partial charge is 0.0615 e. The van der Waals surface area contributed by atoms with Crippen molar-refractivity contribution in [3.63, 3.8) is 0 Å². The maximum atomic E-state index is 5.62. The average Bonchev–Trinajstić information content (AvgIpc) is 2.31. The van der Waals surface area contributed by atoms with Gasteiger partial charge in [-0.2, -0.15) is 0 Å². The molecule has 1 aliphatic rings. The lowest BCUT2D eigenvalue weighted by Crippen LogP contribution is -2.45. The Morgan fingerprint density at radius 3 is 2.56 bits per heavy atom. The first kappa shape index (κ1) is 13.9. The van der Waals surface area contributed by atoms with Crippen LogP contribution in [0.5, 0.6) is 0 Å². The van der Waals surface area contributed by atoms with Gasteiger partial charge in [-0.05, 0) is 32.7 Å². The molecular formula is C13H28N2O. The summed E-state index contributed by atoms with van der Waals surface area (Å²) in [6.45, 7) is 5.03. The number of nitrogens with two attached hydrogens (primary N) is 1. The monoisotopic (exact) mass is 228 g/mol. The molecule has 3 heteroatoms. The van der Waals surface area contributed by atoms with E-state index in [1.54, 1.807) is 7.11 Å². The Hall–Kier alpha value is -0.120. The highest BCUT2D eigenvalue weighted by Gasteiger charge is 2.24. The van der Waals surface area contributed by atoms with Gasteiger partial charge in [0.25, 0.3) is 0 Å². The third-order valence-corrected chi connectivity index (χ3v) is 3.64. The Labute approximate surface area is 100 Å². The van der Waals surface area contributed by atoms with Gasteiger partial charge < -0.3 is 10.5 Å². The highest BCUT2D eigenvalue weighted by Crippen LogP contribution is 2.24. The molecule has 0 aromatic heterocycles. The normalized spacial score (nSPS) is 20.2. The molecule has 1 atom stereocenters. The molecule has 0 aromatic carbocycles. The van der Waals surface area contributed by atoms with Crippen LogP contribution < -0.4 is 5.73 Å². The fourth-order valence-corrected chi connectivity index (χ4v) is 2.79. The van der Waals surface area contributed by atoms with Gasteiger partial charge in [-0.15, -0.1) is 0 Å². The molecule has 0 radical (unpaired) electrons. The minimum Gasteiger partial charge on any atom is -0.383 e. The average molecular weight is 228 g/mol. The van der Waals surface area contributed by atoms with Crippen molar-refractivity contribution >= 4 is 0 Å². The Morgan fingerprint density at radius 1 is 1.31 bits per heavy atom. The number of hydrogen-bond acceptors (Lipinski definition) is 3. The van der Waals surface area contributed by atoms with Crippen molar-refractivity contribution in [1.82, 2.24) is 4.90 Å². The van der Waals surface area contributed by atoms with Crippen molar-refractivity contribution < 1.29 is 4.74 Å². The van der Waals surface area contributed by atoms with Gasteiger partial charge in [-0.25, -0.2) is 0 Å². The molecule has 1 rings (SSSR count). The van der Waals surface area contributed by atoms with Crippen LogP contribution in [0.3, 0.4) is 0 Å². The Balaban J connectivity index is 2.46. The van der Waals surface area contributed by atoms with Crippen LogP contribution in [0.4, 0.5) is 0 Å². The van der Waals surface area contributed by atoms with Crippen LogP contribution in [0.15, 0.2) is 0 Å². The van der Waals surface area contributed by atoms with Gasteiger partial charge in [0.1, 0.15) is 0 Å². The van der Waals surface area contributed by atoms with E-state index in [0.717, 1.165) is 32.2 Å². The molecule has 0 heterocycles. The summed E-state index contributed by atoms with van der Waals surface area (Å²) < 4.78 is 5.28. The van der Waals surface area contributed by atoms with E-state index in [0.29, 0.717) is 6.04 Å². The Kier molecular flexibility index (Phi) is 7.01. The van der Waals surface area contributed by atoms with Gasteiger partial charge in [-0.1, -0.05) is 19.3 Å². The molecule has 96 valence electrons. The van der Waals surface area contributed by atoms with Crippen LogP contribution in [0.1, 0.15) is 45.4 Å². The van der Waals surface area contributed by atoms with E-state index in [1.165, 1.54) is 32.1 Å². The molecule has 1 unspecified atom stereocenters. The number of methoxy groups -OCH3 is 1. The van der Waals surface area contributed by atoms with Crippen molar-refractivity contribution in [2.45, 2.75) is 57.5 Å². The lowest BCUT2D eigenvalue weighted by molar-refractivity contribution is 0.0548. The highest BCUT2D eigenvalue weighted by molar-refractivity contribution is 4.79. The zero-order chi connectivity index (χ0) is 11.8. The van der Waals surface area contributed by atoms with Gasteiger partial charge in [0.15, 0.2) is 0 Å². The van der Waals surface area contributed by atoms with Crippen LogP contribution in [0.2, 0.25) is 0 Å². The third-order valence-electron chi connectivity index (χ3n) is 3.64. The van der Waals surface area contributed by atoms with E-state index in [9.17, 15) is 0 Å². The zero-order valence-corrected chi connectivity index (χ0v) is 11.0. The van der Waals surface area contributed by atoms with Gasteiger partial charge in [0.2, 0.25) is 0 Å². The second kappa shape index (κ2) is 8.04. The number of hydrogen-bond donors (Lipinski definition) is 1. The lowest BCUT2D eigenvalue weighted by Gasteiger charge is -2.38. The number of nitrogens with zero attached hydrogens (tertiary/aromatic N) is 1. The first-order chi connectivity index (χ1) is 7.79. The van der Waals surface area contributed by atoms with E-state index < -0.39 is 0 Å². The molecule has 2 N–H and O–H groups in total. The summed E-state index contributed by atoms with van der Waals surface area (Å²) in [7, 11) is 1.79. The molecule has 1 aliphatic carbocycles. The molecule has 1 fully saturated rings. The fourth-order valence-electron chi connectivity index (χ4n) is 2.79. The van der Waals surface area contributed by atoms with Gasteiger partial charge >= 0.3 is 0 Å². The molecule has 0 spiro atoms. The molecule has 0 aromatic rings. The van der Waals surface area contributed by atoms with Crippen molar-refractivity contribution in [3.8, 4) is 0 Å². The standard InChI is InChI=1S/C13H28N2O/c1-12(11-16-2)15(10-6-9-14)13-7-4-3-5-8-13/h12-13H,3-11,14H2,1-2H3. The second-order valence-electron chi connectivity index (χ2n) is 4.98. The first-order valence-electron chi connectivity index (χ1n) is 6.74. The van der Waals surface area contributed by atoms with Crippen LogP contribution >= 0.6 is 0 Å². The van der Waals surface area contributed by atoms with Crippen LogP contribution in [0.25, 0.3) is 0 Å². The fraction of sp³-hybridized carbons (Fsp3) is 1.00. The Morgan fingerprint density at radius 2 is 2.00 bits per heavy atom. The van der Waals surface area contributed by atoms with E-state index >= 15 is 0 Å². The van der Waals surface area contributed by atoms with Gasteiger partial charge in [0, 0.05) is 25.7 Å². The van der Waals surface area contributed by atoms with E-state index in [2.05, 4.69) is 11.8 Å². The van der Waals surface area contributed by atoms with E-state index in [4.69, 9.17) is 10.5 Å². The minimum atomic E-state index is 0.527. The molecule has 0 aliphatic heterocycles. The third kappa shape index (κ3) is 4.40. The SMILES string of the molecule is COCC(C)N(CCCN)C1CCCCC1. The summed E-state index contributed by atoms with van der Waals surface area (Å²) in [5.74, 6) is 0. The van der Waals surface area contributed by atoms with Crippen LogP contribution in [-0.2, 0) is 4.74 Å². The quantitative estimate of drug-likeness (QED) is 0.724. The highest BCUT2D eigenvalue weighted by atomic mass is 16.5. The van der Waals surface area contributed by atoms with Crippen LogP contribution in [0, 0.1) is 0 Å². The lowest BCUT2D eigenvalue weighted by atomic mass is 9.93. The maximum Gasteiger partial charge on any atom is 0.0615 e. The summed E-state index contributed by atoms with van der Waals surface area (Å²) in [6, 6.07) is 1.30. The maximum absolute atomic E-state index is 5.62. The first-order valence-corrected chi connectivity index (χ1v) is 6.74. The molecule has 0 amide bonds. The number of ether oxygens (including phenoxy) is 1. The molecule has 1 saturated carbocycles. The predicted molar refractivity (Wildman–Crippen MR) is 68.6 cm³/mol. The molecule has 16 heavy (non-hydrogen) atoms. The summed E-state index contributed by atoms with van der Waals surface area (Å²) in [4.78, 5) is 2.62. The minimum absolute atomic E-state index is 0.527. The van der Waals surface area contributed by atoms with Gasteiger partial charge in [-0.3, -0.25) is 4.90 Å². The topological polar surface area (TPSA) is 38.5 Å². The van der Waals surface area contributed by atoms with Crippen molar-refractivity contribution in [3.05, 3.63) is 0 Å². The van der Waals surface area contributed by atoms with Crippen molar-refractivity contribution in [2.24, 2.45) is 5.73 Å². The van der Waals surface area contributed by atoms with Crippen LogP contribution in [-0.4, -0.2) is 43.8 Å². The summed E-state index contributed by atoms with van der Waals surface area (Å²) in [6.07, 6.45) is 8.02. The summed E-state index contributed by atoms with van der Waals surface area (Å²) >= 11 is 0. The molecule has 0 saturated heterocycles. The van der Waals surface area contributed by atoms with E-state index in [1.807, 2.05) is 0 Å². The number of rotatable bonds is 7. The summed E-state index contributed by atoms with van der Waals surface area (Å²) in [5, 5.41) is 0. The predicted octanol–water partition coefficient (Wildman–Crippen LogP) is 2.00. The molecule has 3 nitrogen and oxygen atoms in total. The van der Waals surface area contributed by atoms with Crippen molar-refractivity contribution in [1.29, 1.82) is 0 Å². The molecular weight excluding hydrogens is 200 g/mol. The Bertz CT molecular complexity index is 169. The van der Waals surface area contributed by atoms with Gasteiger partial charge in [0.05, 0.1) is 6.61 Å². The molecule has 0 bridgehead atoms. The second-order valence-corrected chi connectivity index (χ2v) is 4.98.